The predicted octanol–water partition coefficient (Wildman–Crippen LogP) is 2.81. The van der Waals surface area contributed by atoms with Crippen molar-refractivity contribution in [2.75, 3.05) is 0 Å². The number of benzene rings is 2. The van der Waals surface area contributed by atoms with E-state index in [-0.39, 0.29) is 24.1 Å². The van der Waals surface area contributed by atoms with Crippen molar-refractivity contribution in [1.29, 1.82) is 0 Å². The zero-order valence-corrected chi connectivity index (χ0v) is 10.8. The second kappa shape index (κ2) is 6.05. The number of nitrogens with one attached hydrogen (secondary N) is 1. The lowest BCUT2D eigenvalue weighted by molar-refractivity contribution is -0.121. The minimum atomic E-state index is -0.0992. The smallest absolute Gasteiger partial charge is 0.225 e. The molecule has 98 valence electrons. The summed E-state index contributed by atoms with van der Waals surface area (Å²) >= 11 is 0. The molecule has 3 nitrogen and oxygen atoms in total. The number of aromatic hydroxyl groups is 1. The Kier molecular flexibility index (Phi) is 4.18. The van der Waals surface area contributed by atoms with Crippen molar-refractivity contribution in [2.45, 2.75) is 19.4 Å². The molecule has 2 aromatic rings. The Morgan fingerprint density at radius 2 is 1.74 bits per heavy atom. The van der Waals surface area contributed by atoms with E-state index in [1.165, 1.54) is 0 Å². The maximum absolute atomic E-state index is 11.9. The molecule has 0 saturated carbocycles. The van der Waals surface area contributed by atoms with Crippen LogP contribution in [0.15, 0.2) is 54.6 Å². The van der Waals surface area contributed by atoms with Crippen molar-refractivity contribution < 1.29 is 9.90 Å². The summed E-state index contributed by atoms with van der Waals surface area (Å²) in [5.74, 6) is 0.0582. The van der Waals surface area contributed by atoms with Crippen molar-refractivity contribution in [3.8, 4) is 5.75 Å². The first-order valence-corrected chi connectivity index (χ1v) is 6.28. The van der Waals surface area contributed by atoms with E-state index in [9.17, 15) is 9.90 Å². The molecule has 0 bridgehead atoms. The summed E-state index contributed by atoms with van der Waals surface area (Å²) in [4.78, 5) is 11.9. The lowest BCUT2D eigenvalue weighted by Crippen LogP contribution is -2.28. The molecule has 2 aromatic carbocycles. The number of para-hydroxylation sites is 1. The zero-order chi connectivity index (χ0) is 13.7. The Morgan fingerprint density at radius 1 is 1.11 bits per heavy atom. The van der Waals surface area contributed by atoms with Gasteiger partial charge in [0.1, 0.15) is 5.75 Å². The fourth-order valence-electron chi connectivity index (χ4n) is 1.95. The molecule has 0 radical (unpaired) electrons. The number of rotatable bonds is 4. The van der Waals surface area contributed by atoms with Gasteiger partial charge in [-0.2, -0.15) is 0 Å². The standard InChI is InChI=1S/C16H17NO2/c1-12(13-7-3-2-4-8-13)17-16(19)11-14-9-5-6-10-15(14)18/h2-10,12,18H,11H2,1H3,(H,17,19). The summed E-state index contributed by atoms with van der Waals surface area (Å²) in [5.41, 5.74) is 1.70. The molecule has 0 aliphatic carbocycles. The fourth-order valence-corrected chi connectivity index (χ4v) is 1.95. The first-order chi connectivity index (χ1) is 9.16. The van der Waals surface area contributed by atoms with Crippen LogP contribution in [0.1, 0.15) is 24.1 Å². The van der Waals surface area contributed by atoms with Gasteiger partial charge in [0.25, 0.3) is 0 Å². The van der Waals surface area contributed by atoms with Gasteiger partial charge in [-0.25, -0.2) is 0 Å². The van der Waals surface area contributed by atoms with Crippen LogP contribution in [0.2, 0.25) is 0 Å². The van der Waals surface area contributed by atoms with Gasteiger partial charge in [0.15, 0.2) is 0 Å². The molecule has 0 spiro atoms. The molecule has 1 atom stereocenters. The molecule has 0 aromatic heterocycles. The van der Waals surface area contributed by atoms with Crippen LogP contribution in [0.25, 0.3) is 0 Å². The van der Waals surface area contributed by atoms with Crippen molar-refractivity contribution in [3.63, 3.8) is 0 Å². The van der Waals surface area contributed by atoms with E-state index in [2.05, 4.69) is 5.32 Å². The van der Waals surface area contributed by atoms with Crippen molar-refractivity contribution in [3.05, 3.63) is 65.7 Å². The molecule has 0 fully saturated rings. The zero-order valence-electron chi connectivity index (χ0n) is 10.8. The van der Waals surface area contributed by atoms with Gasteiger partial charge in [0.05, 0.1) is 12.5 Å². The van der Waals surface area contributed by atoms with Gasteiger partial charge in [-0.1, -0.05) is 48.5 Å². The van der Waals surface area contributed by atoms with Crippen LogP contribution in [0, 0.1) is 0 Å². The summed E-state index contributed by atoms with van der Waals surface area (Å²) in [6.07, 6.45) is 0.184. The molecular formula is C16H17NO2. The highest BCUT2D eigenvalue weighted by atomic mass is 16.3. The number of phenolic OH excluding ortho intramolecular Hbond substituents is 1. The van der Waals surface area contributed by atoms with Crippen LogP contribution in [-0.4, -0.2) is 11.0 Å². The molecule has 0 saturated heterocycles. The average Bonchev–Trinajstić information content (AvgIpc) is 2.42. The van der Waals surface area contributed by atoms with Crippen LogP contribution < -0.4 is 5.32 Å². The van der Waals surface area contributed by atoms with Crippen LogP contribution in [-0.2, 0) is 11.2 Å². The predicted molar refractivity (Wildman–Crippen MR) is 74.8 cm³/mol. The Labute approximate surface area is 112 Å². The highest BCUT2D eigenvalue weighted by Crippen LogP contribution is 2.17. The van der Waals surface area contributed by atoms with Crippen LogP contribution in [0.4, 0.5) is 0 Å². The highest BCUT2D eigenvalue weighted by molar-refractivity contribution is 5.79. The van der Waals surface area contributed by atoms with E-state index in [4.69, 9.17) is 0 Å². The quantitative estimate of drug-likeness (QED) is 0.882. The van der Waals surface area contributed by atoms with Gasteiger partial charge < -0.3 is 10.4 Å². The Morgan fingerprint density at radius 3 is 2.42 bits per heavy atom. The molecule has 2 N–H and O–H groups in total. The second-order valence-corrected chi connectivity index (χ2v) is 4.51. The Balaban J connectivity index is 1.97. The van der Waals surface area contributed by atoms with E-state index >= 15 is 0 Å². The van der Waals surface area contributed by atoms with Crippen molar-refractivity contribution in [2.24, 2.45) is 0 Å². The number of carbonyl (C=O) groups excluding carboxylic acids is 1. The number of phenols is 1. The largest absolute Gasteiger partial charge is 0.508 e. The first kappa shape index (κ1) is 13.1. The second-order valence-electron chi connectivity index (χ2n) is 4.51. The van der Waals surface area contributed by atoms with E-state index in [0.717, 1.165) is 5.56 Å². The molecular weight excluding hydrogens is 238 g/mol. The van der Waals surface area contributed by atoms with Crippen molar-refractivity contribution in [1.82, 2.24) is 5.32 Å². The summed E-state index contributed by atoms with van der Waals surface area (Å²) < 4.78 is 0. The van der Waals surface area contributed by atoms with E-state index in [1.807, 2.05) is 43.3 Å². The van der Waals surface area contributed by atoms with Crippen LogP contribution in [0.3, 0.4) is 0 Å². The Bertz CT molecular complexity index is 552. The topological polar surface area (TPSA) is 49.3 Å². The average molecular weight is 255 g/mol. The van der Waals surface area contributed by atoms with E-state index < -0.39 is 0 Å². The fraction of sp³-hybridized carbons (Fsp3) is 0.188. The summed E-state index contributed by atoms with van der Waals surface area (Å²) in [6, 6.07) is 16.6. The van der Waals surface area contributed by atoms with Gasteiger partial charge in [-0.3, -0.25) is 4.79 Å². The summed E-state index contributed by atoms with van der Waals surface area (Å²) in [7, 11) is 0. The molecule has 3 heteroatoms. The molecule has 1 amide bonds. The molecule has 19 heavy (non-hydrogen) atoms. The lowest BCUT2D eigenvalue weighted by Gasteiger charge is -2.14. The van der Waals surface area contributed by atoms with Crippen LogP contribution >= 0.6 is 0 Å². The molecule has 0 heterocycles. The van der Waals surface area contributed by atoms with Gasteiger partial charge in [-0.05, 0) is 18.6 Å². The highest BCUT2D eigenvalue weighted by Gasteiger charge is 2.11. The van der Waals surface area contributed by atoms with Gasteiger partial charge in [-0.15, -0.1) is 0 Å². The number of hydrogen-bond donors (Lipinski definition) is 2. The Hall–Kier alpha value is -2.29. The minimum absolute atomic E-state index is 0.0421. The van der Waals surface area contributed by atoms with Gasteiger partial charge in [0.2, 0.25) is 5.91 Å². The van der Waals surface area contributed by atoms with Gasteiger partial charge in [0, 0.05) is 5.56 Å². The van der Waals surface area contributed by atoms with Crippen molar-refractivity contribution >= 4 is 5.91 Å². The molecule has 1 unspecified atom stereocenters. The number of amides is 1. The lowest BCUT2D eigenvalue weighted by atomic mass is 10.1. The summed E-state index contributed by atoms with van der Waals surface area (Å²) in [5, 5.41) is 12.6. The monoisotopic (exact) mass is 255 g/mol. The molecule has 2 rings (SSSR count). The third-order valence-corrected chi connectivity index (χ3v) is 3.02. The molecule has 0 aliphatic rings. The maximum Gasteiger partial charge on any atom is 0.225 e. The minimum Gasteiger partial charge on any atom is -0.508 e. The summed E-state index contributed by atoms with van der Waals surface area (Å²) in [6.45, 7) is 1.94. The molecule has 0 aliphatic heterocycles. The third kappa shape index (κ3) is 3.58. The number of carbonyl (C=O) groups is 1. The SMILES string of the molecule is CC(NC(=O)Cc1ccccc1O)c1ccccc1. The number of hydrogen-bond acceptors (Lipinski definition) is 2. The van der Waals surface area contributed by atoms with E-state index in [0.29, 0.717) is 5.56 Å². The van der Waals surface area contributed by atoms with Gasteiger partial charge >= 0.3 is 0 Å². The maximum atomic E-state index is 11.9. The van der Waals surface area contributed by atoms with E-state index in [1.54, 1.807) is 18.2 Å². The first-order valence-electron chi connectivity index (χ1n) is 6.28. The normalized spacial score (nSPS) is 11.8. The van der Waals surface area contributed by atoms with Crippen LogP contribution in [0.5, 0.6) is 5.75 Å². The third-order valence-electron chi connectivity index (χ3n) is 3.02.